The average Bonchev–Trinajstić information content (AvgIpc) is 2.53. The van der Waals surface area contributed by atoms with E-state index >= 15 is 0 Å². The van der Waals surface area contributed by atoms with Crippen LogP contribution >= 0.6 is 0 Å². The second-order valence-corrected chi connectivity index (χ2v) is 2.95. The number of anilines is 2. The summed E-state index contributed by atoms with van der Waals surface area (Å²) in [4.78, 5) is 2.95. The molecule has 0 radical (unpaired) electrons. The van der Waals surface area contributed by atoms with Crippen molar-refractivity contribution in [1.82, 2.24) is 4.98 Å². The summed E-state index contributed by atoms with van der Waals surface area (Å²) in [7, 11) is 0. The fourth-order valence-corrected chi connectivity index (χ4v) is 1.29. The standard InChI is InChI=1S/C10H11N3/c11-8-3-1-7(2-4-8)9-5-13-6-10(9)12/h1-6,13H,11-12H2. The van der Waals surface area contributed by atoms with E-state index in [-0.39, 0.29) is 0 Å². The van der Waals surface area contributed by atoms with Gasteiger partial charge in [0.25, 0.3) is 0 Å². The number of H-pyrrole nitrogens is 1. The molecule has 0 atom stereocenters. The van der Waals surface area contributed by atoms with E-state index in [1.54, 1.807) is 6.20 Å². The fourth-order valence-electron chi connectivity index (χ4n) is 1.29. The quantitative estimate of drug-likeness (QED) is 0.576. The molecule has 0 amide bonds. The summed E-state index contributed by atoms with van der Waals surface area (Å²) < 4.78 is 0. The zero-order valence-electron chi connectivity index (χ0n) is 7.12. The predicted molar refractivity (Wildman–Crippen MR) is 55.1 cm³/mol. The summed E-state index contributed by atoms with van der Waals surface area (Å²) in [5, 5.41) is 0. The number of hydrogen-bond acceptors (Lipinski definition) is 2. The molecule has 0 saturated heterocycles. The molecule has 1 heterocycles. The van der Waals surface area contributed by atoms with E-state index in [0.717, 1.165) is 22.5 Å². The smallest absolute Gasteiger partial charge is 0.0571 e. The van der Waals surface area contributed by atoms with Crippen LogP contribution in [0.15, 0.2) is 36.7 Å². The van der Waals surface area contributed by atoms with Crippen LogP contribution in [0.3, 0.4) is 0 Å². The lowest BCUT2D eigenvalue weighted by Crippen LogP contribution is -1.86. The van der Waals surface area contributed by atoms with E-state index in [0.29, 0.717) is 0 Å². The molecule has 0 fully saturated rings. The monoisotopic (exact) mass is 173 g/mol. The summed E-state index contributed by atoms with van der Waals surface area (Å²) in [5.74, 6) is 0. The van der Waals surface area contributed by atoms with Crippen LogP contribution in [-0.4, -0.2) is 4.98 Å². The summed E-state index contributed by atoms with van der Waals surface area (Å²) >= 11 is 0. The molecule has 0 aliphatic heterocycles. The van der Waals surface area contributed by atoms with Crippen molar-refractivity contribution in [2.24, 2.45) is 0 Å². The van der Waals surface area contributed by atoms with Crippen molar-refractivity contribution >= 4 is 11.4 Å². The molecule has 1 aromatic carbocycles. The summed E-state index contributed by atoms with van der Waals surface area (Å²) in [6, 6.07) is 7.63. The van der Waals surface area contributed by atoms with Crippen LogP contribution in [-0.2, 0) is 0 Å². The molecule has 0 spiro atoms. The van der Waals surface area contributed by atoms with Gasteiger partial charge in [0.2, 0.25) is 0 Å². The first-order valence-electron chi connectivity index (χ1n) is 4.05. The second-order valence-electron chi connectivity index (χ2n) is 2.95. The van der Waals surface area contributed by atoms with E-state index in [4.69, 9.17) is 11.5 Å². The molecule has 13 heavy (non-hydrogen) atoms. The SMILES string of the molecule is Nc1ccc(-c2c[nH]cc2N)cc1. The molecule has 3 nitrogen and oxygen atoms in total. The number of nitrogens with two attached hydrogens (primary N) is 2. The second kappa shape index (κ2) is 2.86. The van der Waals surface area contributed by atoms with Gasteiger partial charge >= 0.3 is 0 Å². The van der Waals surface area contributed by atoms with Crippen LogP contribution in [0.1, 0.15) is 0 Å². The Bertz CT molecular complexity index is 400. The Morgan fingerprint density at radius 3 is 2.15 bits per heavy atom. The molecule has 0 bridgehead atoms. The van der Waals surface area contributed by atoms with Gasteiger partial charge in [-0.25, -0.2) is 0 Å². The minimum absolute atomic E-state index is 0.754. The number of hydrogen-bond donors (Lipinski definition) is 3. The first-order valence-corrected chi connectivity index (χ1v) is 4.05. The molecule has 3 heteroatoms. The van der Waals surface area contributed by atoms with Crippen LogP contribution in [0.5, 0.6) is 0 Å². The summed E-state index contributed by atoms with van der Waals surface area (Å²) in [5.41, 5.74) is 14.9. The molecule has 0 saturated carbocycles. The lowest BCUT2D eigenvalue weighted by molar-refractivity contribution is 1.41. The molecule has 5 N–H and O–H groups in total. The number of nitrogen functional groups attached to an aromatic ring is 2. The van der Waals surface area contributed by atoms with Crippen LogP contribution < -0.4 is 11.5 Å². The third-order valence-corrected chi connectivity index (χ3v) is 2.00. The van der Waals surface area contributed by atoms with Gasteiger partial charge in [0.1, 0.15) is 0 Å². The summed E-state index contributed by atoms with van der Waals surface area (Å²) in [6.45, 7) is 0. The van der Waals surface area contributed by atoms with Crippen molar-refractivity contribution in [2.75, 3.05) is 11.5 Å². The Balaban J connectivity index is 2.47. The molecule has 0 aliphatic rings. The van der Waals surface area contributed by atoms with Gasteiger partial charge in [0.15, 0.2) is 0 Å². The van der Waals surface area contributed by atoms with Crippen molar-refractivity contribution in [1.29, 1.82) is 0 Å². The third kappa shape index (κ3) is 1.36. The van der Waals surface area contributed by atoms with Crippen molar-refractivity contribution in [3.8, 4) is 11.1 Å². The van der Waals surface area contributed by atoms with Gasteiger partial charge < -0.3 is 16.5 Å². The topological polar surface area (TPSA) is 67.8 Å². The zero-order valence-corrected chi connectivity index (χ0v) is 7.12. The normalized spacial score (nSPS) is 10.2. The Morgan fingerprint density at radius 2 is 1.62 bits per heavy atom. The number of rotatable bonds is 1. The van der Waals surface area contributed by atoms with Gasteiger partial charge in [-0.2, -0.15) is 0 Å². The highest BCUT2D eigenvalue weighted by molar-refractivity contribution is 5.76. The zero-order chi connectivity index (χ0) is 9.26. The largest absolute Gasteiger partial charge is 0.399 e. The Morgan fingerprint density at radius 1 is 0.923 bits per heavy atom. The van der Waals surface area contributed by atoms with Gasteiger partial charge in [0.05, 0.1) is 5.69 Å². The molecular formula is C10H11N3. The van der Waals surface area contributed by atoms with Crippen LogP contribution in [0.4, 0.5) is 11.4 Å². The Kier molecular flexibility index (Phi) is 1.70. The molecule has 2 aromatic rings. The average molecular weight is 173 g/mol. The number of aromatic amines is 1. The van der Waals surface area contributed by atoms with Crippen LogP contribution in [0, 0.1) is 0 Å². The number of nitrogens with one attached hydrogen (secondary N) is 1. The molecule has 66 valence electrons. The van der Waals surface area contributed by atoms with Gasteiger partial charge in [-0.15, -0.1) is 0 Å². The maximum atomic E-state index is 5.75. The highest BCUT2D eigenvalue weighted by atomic mass is 14.7. The molecule has 0 unspecified atom stereocenters. The van der Waals surface area contributed by atoms with Gasteiger partial charge in [-0.05, 0) is 17.7 Å². The first-order chi connectivity index (χ1) is 6.27. The maximum Gasteiger partial charge on any atom is 0.0571 e. The van der Waals surface area contributed by atoms with Crippen molar-refractivity contribution in [2.45, 2.75) is 0 Å². The van der Waals surface area contributed by atoms with E-state index in [1.807, 2.05) is 30.5 Å². The van der Waals surface area contributed by atoms with Gasteiger partial charge in [-0.3, -0.25) is 0 Å². The number of benzene rings is 1. The van der Waals surface area contributed by atoms with Gasteiger partial charge in [-0.1, -0.05) is 12.1 Å². The highest BCUT2D eigenvalue weighted by Crippen LogP contribution is 2.25. The minimum Gasteiger partial charge on any atom is -0.399 e. The van der Waals surface area contributed by atoms with Gasteiger partial charge in [0, 0.05) is 23.6 Å². The van der Waals surface area contributed by atoms with E-state index < -0.39 is 0 Å². The van der Waals surface area contributed by atoms with Crippen LogP contribution in [0.2, 0.25) is 0 Å². The number of aromatic nitrogens is 1. The Labute approximate surface area is 76.4 Å². The van der Waals surface area contributed by atoms with Crippen LogP contribution in [0.25, 0.3) is 11.1 Å². The van der Waals surface area contributed by atoms with Crippen molar-refractivity contribution in [3.05, 3.63) is 36.7 Å². The van der Waals surface area contributed by atoms with Crippen molar-refractivity contribution in [3.63, 3.8) is 0 Å². The molecule has 1 aromatic heterocycles. The fraction of sp³-hybridized carbons (Fsp3) is 0. The molecule has 0 aliphatic carbocycles. The lowest BCUT2D eigenvalue weighted by atomic mass is 10.1. The lowest BCUT2D eigenvalue weighted by Gasteiger charge is -1.99. The first kappa shape index (κ1) is 7.73. The highest BCUT2D eigenvalue weighted by Gasteiger charge is 2.01. The molecular weight excluding hydrogens is 162 g/mol. The van der Waals surface area contributed by atoms with E-state index in [1.165, 1.54) is 0 Å². The Hall–Kier alpha value is -1.90. The van der Waals surface area contributed by atoms with E-state index in [2.05, 4.69) is 4.98 Å². The minimum atomic E-state index is 0.754. The predicted octanol–water partition coefficient (Wildman–Crippen LogP) is 1.85. The third-order valence-electron chi connectivity index (χ3n) is 2.00. The molecule has 2 rings (SSSR count). The summed E-state index contributed by atoms with van der Waals surface area (Å²) in [6.07, 6.45) is 3.65. The maximum absolute atomic E-state index is 5.75. The van der Waals surface area contributed by atoms with Crippen molar-refractivity contribution < 1.29 is 0 Å². The van der Waals surface area contributed by atoms with E-state index in [9.17, 15) is 0 Å².